The quantitative estimate of drug-likeness (QED) is 0.789. The molecule has 0 unspecified atom stereocenters. The molecular weight excluding hydrogens is 202 g/mol. The molecule has 1 aliphatic heterocycles. The van der Waals surface area contributed by atoms with Crippen LogP contribution >= 0.6 is 0 Å². The fourth-order valence-electron chi connectivity index (χ4n) is 2.05. The number of aromatic nitrogens is 1. The van der Waals surface area contributed by atoms with Crippen LogP contribution in [0.5, 0.6) is 0 Å². The number of nitrogens with zero attached hydrogens (tertiary/aromatic N) is 2. The van der Waals surface area contributed by atoms with Gasteiger partial charge in [-0.2, -0.15) is 0 Å². The van der Waals surface area contributed by atoms with E-state index in [4.69, 9.17) is 5.73 Å². The van der Waals surface area contributed by atoms with Gasteiger partial charge in [0.2, 0.25) is 0 Å². The number of aliphatic hydroxyl groups excluding tert-OH is 1. The van der Waals surface area contributed by atoms with E-state index in [2.05, 4.69) is 16.8 Å². The molecule has 3 N–H and O–H groups in total. The van der Waals surface area contributed by atoms with Crippen molar-refractivity contribution >= 4 is 11.5 Å². The first kappa shape index (κ1) is 11.2. The zero-order chi connectivity index (χ0) is 11.6. The molecule has 0 bridgehead atoms. The normalized spacial score (nSPS) is 19.8. The van der Waals surface area contributed by atoms with Gasteiger partial charge in [0.1, 0.15) is 5.82 Å². The first-order valence-corrected chi connectivity index (χ1v) is 5.70. The van der Waals surface area contributed by atoms with Gasteiger partial charge in [-0.1, -0.05) is 6.92 Å². The third kappa shape index (κ3) is 2.27. The molecule has 0 amide bonds. The van der Waals surface area contributed by atoms with Crippen molar-refractivity contribution in [2.75, 3.05) is 30.3 Å². The van der Waals surface area contributed by atoms with Crippen molar-refractivity contribution in [2.45, 2.75) is 19.8 Å². The Balaban J connectivity index is 2.01. The predicted molar refractivity (Wildman–Crippen MR) is 65.3 cm³/mol. The minimum absolute atomic E-state index is 0.0950. The van der Waals surface area contributed by atoms with E-state index in [0.29, 0.717) is 5.82 Å². The Morgan fingerprint density at radius 3 is 2.62 bits per heavy atom. The molecule has 1 fully saturated rings. The molecule has 0 aliphatic carbocycles. The Morgan fingerprint density at radius 1 is 1.44 bits per heavy atom. The molecule has 4 nitrogen and oxygen atoms in total. The van der Waals surface area contributed by atoms with Gasteiger partial charge in [-0.3, -0.25) is 0 Å². The van der Waals surface area contributed by atoms with E-state index in [0.717, 1.165) is 31.6 Å². The molecule has 1 aromatic heterocycles. The van der Waals surface area contributed by atoms with E-state index < -0.39 is 0 Å². The predicted octanol–water partition coefficient (Wildman–Crippen LogP) is 1.26. The summed E-state index contributed by atoms with van der Waals surface area (Å²) in [6.45, 7) is 4.37. The van der Waals surface area contributed by atoms with Gasteiger partial charge in [0.25, 0.3) is 0 Å². The number of piperidine rings is 1. The van der Waals surface area contributed by atoms with Crippen molar-refractivity contribution in [1.82, 2.24) is 4.98 Å². The second-order valence-corrected chi connectivity index (χ2v) is 4.90. The second kappa shape index (κ2) is 4.29. The maximum absolute atomic E-state index is 9.30. The Bertz CT molecular complexity index is 342. The summed E-state index contributed by atoms with van der Waals surface area (Å²) in [5.41, 5.74) is 6.77. The van der Waals surface area contributed by atoms with Gasteiger partial charge in [0.05, 0.1) is 11.9 Å². The van der Waals surface area contributed by atoms with Crippen LogP contribution < -0.4 is 10.6 Å². The molecule has 0 atom stereocenters. The van der Waals surface area contributed by atoms with Crippen LogP contribution in [-0.2, 0) is 0 Å². The zero-order valence-corrected chi connectivity index (χ0v) is 9.69. The SMILES string of the molecule is CC1(CO)CCN(c2ccc(N)nc2)CC1. The van der Waals surface area contributed by atoms with Gasteiger partial charge in [-0.25, -0.2) is 4.98 Å². The highest BCUT2D eigenvalue weighted by molar-refractivity contribution is 5.48. The van der Waals surface area contributed by atoms with Crippen LogP contribution in [-0.4, -0.2) is 29.8 Å². The summed E-state index contributed by atoms with van der Waals surface area (Å²) in [6, 6.07) is 3.83. The van der Waals surface area contributed by atoms with Crippen LogP contribution in [0.15, 0.2) is 18.3 Å². The van der Waals surface area contributed by atoms with E-state index >= 15 is 0 Å². The first-order chi connectivity index (χ1) is 7.63. The van der Waals surface area contributed by atoms with Crippen molar-refractivity contribution in [1.29, 1.82) is 0 Å². The molecule has 2 heterocycles. The fourth-order valence-corrected chi connectivity index (χ4v) is 2.05. The summed E-state index contributed by atoms with van der Waals surface area (Å²) in [5.74, 6) is 0.556. The lowest BCUT2D eigenvalue weighted by Crippen LogP contribution is -2.40. The molecule has 0 spiro atoms. The monoisotopic (exact) mass is 221 g/mol. The summed E-state index contributed by atoms with van der Waals surface area (Å²) in [5, 5.41) is 9.30. The van der Waals surface area contributed by atoms with Gasteiger partial charge in [0.15, 0.2) is 0 Å². The lowest BCUT2D eigenvalue weighted by atomic mass is 9.81. The van der Waals surface area contributed by atoms with E-state index in [9.17, 15) is 5.11 Å². The first-order valence-electron chi connectivity index (χ1n) is 5.70. The molecule has 0 aromatic carbocycles. The highest BCUT2D eigenvalue weighted by Gasteiger charge is 2.29. The lowest BCUT2D eigenvalue weighted by molar-refractivity contribution is 0.115. The number of nitrogens with two attached hydrogens (primary N) is 1. The van der Waals surface area contributed by atoms with Crippen LogP contribution in [0, 0.1) is 5.41 Å². The summed E-state index contributed by atoms with van der Waals surface area (Å²) in [4.78, 5) is 6.39. The maximum atomic E-state index is 9.30. The van der Waals surface area contributed by atoms with Gasteiger partial charge >= 0.3 is 0 Å². The van der Waals surface area contributed by atoms with E-state index in [1.807, 2.05) is 18.3 Å². The number of hydrogen-bond donors (Lipinski definition) is 2. The molecule has 2 rings (SSSR count). The summed E-state index contributed by atoms with van der Waals surface area (Å²) in [6.07, 6.45) is 3.86. The number of pyridine rings is 1. The molecule has 1 saturated heterocycles. The second-order valence-electron chi connectivity index (χ2n) is 4.90. The van der Waals surface area contributed by atoms with E-state index in [1.165, 1.54) is 0 Å². The topological polar surface area (TPSA) is 62.4 Å². The third-order valence-electron chi connectivity index (χ3n) is 3.49. The summed E-state index contributed by atoms with van der Waals surface area (Å²) >= 11 is 0. The van der Waals surface area contributed by atoms with Crippen LogP contribution in [0.2, 0.25) is 0 Å². The largest absolute Gasteiger partial charge is 0.396 e. The van der Waals surface area contributed by atoms with Crippen LogP contribution in [0.4, 0.5) is 11.5 Å². The number of hydrogen-bond acceptors (Lipinski definition) is 4. The number of rotatable bonds is 2. The third-order valence-corrected chi connectivity index (χ3v) is 3.49. The number of nitrogen functional groups attached to an aromatic ring is 1. The average molecular weight is 221 g/mol. The molecule has 16 heavy (non-hydrogen) atoms. The van der Waals surface area contributed by atoms with Crippen LogP contribution in [0.25, 0.3) is 0 Å². The van der Waals surface area contributed by atoms with Crippen molar-refractivity contribution in [3.8, 4) is 0 Å². The van der Waals surface area contributed by atoms with Crippen molar-refractivity contribution in [3.05, 3.63) is 18.3 Å². The average Bonchev–Trinajstić information content (AvgIpc) is 2.32. The van der Waals surface area contributed by atoms with Gasteiger partial charge in [0, 0.05) is 19.7 Å². The van der Waals surface area contributed by atoms with Crippen LogP contribution in [0.3, 0.4) is 0 Å². The minimum atomic E-state index is 0.0950. The van der Waals surface area contributed by atoms with Crippen molar-refractivity contribution in [2.24, 2.45) is 5.41 Å². The Morgan fingerprint density at radius 2 is 2.12 bits per heavy atom. The highest BCUT2D eigenvalue weighted by atomic mass is 16.3. The molecular formula is C12H19N3O. The minimum Gasteiger partial charge on any atom is -0.396 e. The molecule has 88 valence electrons. The standard InChI is InChI=1S/C12H19N3O/c1-12(9-16)4-6-15(7-5-12)10-2-3-11(13)14-8-10/h2-3,8,16H,4-7,9H2,1H3,(H2,13,14). The van der Waals surface area contributed by atoms with E-state index in [1.54, 1.807) is 0 Å². The fraction of sp³-hybridized carbons (Fsp3) is 0.583. The maximum Gasteiger partial charge on any atom is 0.123 e. The Labute approximate surface area is 96.1 Å². The zero-order valence-electron chi connectivity index (χ0n) is 9.69. The number of anilines is 2. The summed E-state index contributed by atoms with van der Waals surface area (Å²) in [7, 11) is 0. The Hall–Kier alpha value is -1.29. The van der Waals surface area contributed by atoms with Crippen LogP contribution in [0.1, 0.15) is 19.8 Å². The smallest absolute Gasteiger partial charge is 0.123 e. The molecule has 1 aliphatic rings. The van der Waals surface area contributed by atoms with Crippen molar-refractivity contribution < 1.29 is 5.11 Å². The van der Waals surface area contributed by atoms with E-state index in [-0.39, 0.29) is 12.0 Å². The van der Waals surface area contributed by atoms with Gasteiger partial charge < -0.3 is 15.7 Å². The molecule has 1 aromatic rings. The van der Waals surface area contributed by atoms with Gasteiger partial charge in [-0.05, 0) is 30.4 Å². The van der Waals surface area contributed by atoms with Gasteiger partial charge in [-0.15, -0.1) is 0 Å². The summed E-state index contributed by atoms with van der Waals surface area (Å²) < 4.78 is 0. The lowest BCUT2D eigenvalue weighted by Gasteiger charge is -2.39. The number of aliphatic hydroxyl groups is 1. The molecule has 4 heteroatoms. The molecule has 0 radical (unpaired) electrons. The molecule has 0 saturated carbocycles. The highest BCUT2D eigenvalue weighted by Crippen LogP contribution is 2.32. The Kier molecular flexibility index (Phi) is 3.01. The van der Waals surface area contributed by atoms with Crippen molar-refractivity contribution in [3.63, 3.8) is 0 Å².